The lowest BCUT2D eigenvalue weighted by molar-refractivity contribution is -0.123. The highest BCUT2D eigenvalue weighted by molar-refractivity contribution is 5.89. The third kappa shape index (κ3) is 4.68. The minimum absolute atomic E-state index is 0.167. The lowest BCUT2D eigenvalue weighted by Crippen LogP contribution is -2.24. The number of carboxylic acid groups (broad SMARTS) is 1. The van der Waals surface area contributed by atoms with Crippen molar-refractivity contribution in [3.8, 4) is 11.8 Å². The zero-order valence-electron chi connectivity index (χ0n) is 12.5. The number of carbonyl (C=O) groups is 2. The van der Waals surface area contributed by atoms with E-state index < -0.39 is 11.9 Å². The molecule has 0 radical (unpaired) electrons. The molecule has 0 unspecified atom stereocenters. The molecule has 0 bridgehead atoms. The summed E-state index contributed by atoms with van der Waals surface area (Å²) in [7, 11) is 0. The Balaban J connectivity index is 1.84. The maximum atomic E-state index is 11.6. The van der Waals surface area contributed by atoms with Crippen LogP contribution in [0.25, 0.3) is 0 Å². The minimum Gasteiger partial charge on any atom is -0.482 e. The van der Waals surface area contributed by atoms with Crippen LogP contribution in [0.5, 0.6) is 5.75 Å². The molecule has 1 amide bonds. The molecule has 0 atom stereocenters. The number of ether oxygens (including phenoxy) is 1. The monoisotopic (exact) mass is 323 g/mol. The molecule has 7 heteroatoms. The molecule has 2 aromatic rings. The summed E-state index contributed by atoms with van der Waals surface area (Å²) in [4.78, 5) is 22.4. The highest BCUT2D eigenvalue weighted by Gasteiger charge is 2.05. The van der Waals surface area contributed by atoms with Crippen LogP contribution in [0.15, 0.2) is 53.6 Å². The van der Waals surface area contributed by atoms with E-state index >= 15 is 0 Å². The summed E-state index contributed by atoms with van der Waals surface area (Å²) in [5.41, 5.74) is 3.43. The summed E-state index contributed by atoms with van der Waals surface area (Å²) in [6, 6.07) is 14.6. The van der Waals surface area contributed by atoms with E-state index in [2.05, 4.69) is 10.5 Å². The first kappa shape index (κ1) is 16.7. The van der Waals surface area contributed by atoms with E-state index in [-0.39, 0.29) is 12.2 Å². The maximum Gasteiger partial charge on any atom is 0.335 e. The third-order valence-electron chi connectivity index (χ3n) is 2.93. The fraction of sp³-hybridized carbons (Fsp3) is 0.0588. The van der Waals surface area contributed by atoms with Gasteiger partial charge in [-0.05, 0) is 29.8 Å². The number of rotatable bonds is 6. The molecule has 2 aromatic carbocycles. The summed E-state index contributed by atoms with van der Waals surface area (Å²) in [5, 5.41) is 21.5. The first-order valence-corrected chi connectivity index (χ1v) is 6.87. The van der Waals surface area contributed by atoms with Crippen LogP contribution < -0.4 is 10.2 Å². The number of amides is 1. The van der Waals surface area contributed by atoms with Crippen molar-refractivity contribution >= 4 is 18.1 Å². The van der Waals surface area contributed by atoms with Gasteiger partial charge in [0.15, 0.2) is 6.61 Å². The second-order valence-corrected chi connectivity index (χ2v) is 4.62. The summed E-state index contributed by atoms with van der Waals surface area (Å²) in [6.45, 7) is -0.284. The van der Waals surface area contributed by atoms with Crippen molar-refractivity contribution in [3.05, 3.63) is 65.2 Å². The van der Waals surface area contributed by atoms with Gasteiger partial charge in [0.25, 0.3) is 5.91 Å². The smallest absolute Gasteiger partial charge is 0.335 e. The molecule has 0 heterocycles. The summed E-state index contributed by atoms with van der Waals surface area (Å²) < 4.78 is 5.26. The Labute approximate surface area is 137 Å². The lowest BCUT2D eigenvalue weighted by Gasteiger charge is -2.06. The number of aromatic carboxylic acids is 1. The molecule has 0 aliphatic carbocycles. The van der Waals surface area contributed by atoms with Crippen molar-refractivity contribution in [2.75, 3.05) is 6.61 Å². The number of benzene rings is 2. The molecule has 120 valence electrons. The topological polar surface area (TPSA) is 112 Å². The van der Waals surface area contributed by atoms with Crippen molar-refractivity contribution in [1.29, 1.82) is 5.26 Å². The van der Waals surface area contributed by atoms with E-state index in [0.717, 1.165) is 0 Å². The molecule has 0 fully saturated rings. The van der Waals surface area contributed by atoms with Gasteiger partial charge < -0.3 is 9.84 Å². The number of nitriles is 1. The molecule has 0 aliphatic heterocycles. The quantitative estimate of drug-likeness (QED) is 0.621. The van der Waals surface area contributed by atoms with E-state index in [0.29, 0.717) is 16.9 Å². The lowest BCUT2D eigenvalue weighted by atomic mass is 10.1. The van der Waals surface area contributed by atoms with Crippen LogP contribution in [-0.2, 0) is 4.79 Å². The maximum absolute atomic E-state index is 11.6. The molecule has 2 rings (SSSR count). The second kappa shape index (κ2) is 8.10. The van der Waals surface area contributed by atoms with Crippen LogP contribution in [0, 0.1) is 11.3 Å². The molecule has 0 aliphatic rings. The molecule has 7 nitrogen and oxygen atoms in total. The largest absolute Gasteiger partial charge is 0.482 e. The molecule has 0 saturated heterocycles. The van der Waals surface area contributed by atoms with Gasteiger partial charge in [-0.3, -0.25) is 4.79 Å². The van der Waals surface area contributed by atoms with Crippen LogP contribution in [0.3, 0.4) is 0 Å². The van der Waals surface area contributed by atoms with E-state index in [1.807, 2.05) is 6.07 Å². The number of hydrogen-bond acceptors (Lipinski definition) is 5. The molecule has 0 spiro atoms. The van der Waals surface area contributed by atoms with Gasteiger partial charge >= 0.3 is 5.97 Å². The average molecular weight is 323 g/mol. The molecule has 0 saturated carbocycles. The minimum atomic E-state index is -1.01. The summed E-state index contributed by atoms with van der Waals surface area (Å²) >= 11 is 0. The fourth-order valence-corrected chi connectivity index (χ4v) is 1.75. The molecular formula is C17H13N3O4. The van der Waals surface area contributed by atoms with Gasteiger partial charge in [-0.2, -0.15) is 10.4 Å². The van der Waals surface area contributed by atoms with Gasteiger partial charge in [0.2, 0.25) is 0 Å². The van der Waals surface area contributed by atoms with Crippen molar-refractivity contribution in [2.24, 2.45) is 5.10 Å². The van der Waals surface area contributed by atoms with Gasteiger partial charge in [0, 0.05) is 0 Å². The van der Waals surface area contributed by atoms with Gasteiger partial charge in [-0.25, -0.2) is 10.2 Å². The Kier molecular flexibility index (Phi) is 5.64. The predicted molar refractivity (Wildman–Crippen MR) is 85.8 cm³/mol. The van der Waals surface area contributed by atoms with Crippen LogP contribution >= 0.6 is 0 Å². The van der Waals surface area contributed by atoms with Crippen molar-refractivity contribution < 1.29 is 19.4 Å². The highest BCUT2D eigenvalue weighted by atomic mass is 16.5. The third-order valence-corrected chi connectivity index (χ3v) is 2.93. The Hall–Kier alpha value is -3.66. The Morgan fingerprint density at radius 1 is 1.21 bits per heavy atom. The van der Waals surface area contributed by atoms with Crippen molar-refractivity contribution in [1.82, 2.24) is 5.43 Å². The predicted octanol–water partition coefficient (Wildman–Crippen LogP) is 1.79. The normalized spacial score (nSPS) is 10.1. The highest BCUT2D eigenvalue weighted by Crippen LogP contribution is 2.16. The first-order chi connectivity index (χ1) is 11.6. The van der Waals surface area contributed by atoms with E-state index in [1.54, 1.807) is 36.4 Å². The number of nitrogens with zero attached hydrogens (tertiary/aromatic N) is 2. The molecule has 0 aromatic heterocycles. The number of para-hydroxylation sites is 1. The Morgan fingerprint density at radius 2 is 1.92 bits per heavy atom. The van der Waals surface area contributed by atoms with Crippen molar-refractivity contribution in [3.63, 3.8) is 0 Å². The number of carboxylic acids is 1. The van der Waals surface area contributed by atoms with E-state index in [1.165, 1.54) is 18.3 Å². The molecular weight excluding hydrogens is 310 g/mol. The van der Waals surface area contributed by atoms with Gasteiger partial charge in [0.05, 0.1) is 17.3 Å². The van der Waals surface area contributed by atoms with Crippen LogP contribution in [0.1, 0.15) is 21.5 Å². The van der Waals surface area contributed by atoms with Crippen molar-refractivity contribution in [2.45, 2.75) is 0 Å². The van der Waals surface area contributed by atoms with E-state index in [9.17, 15) is 9.59 Å². The van der Waals surface area contributed by atoms with Gasteiger partial charge in [0.1, 0.15) is 11.8 Å². The number of carbonyl (C=O) groups excluding carboxylic acids is 1. The standard InChI is InChI=1S/C17H13N3O4/c18-9-14-3-1-2-4-15(14)24-11-16(21)20-19-10-12-5-7-13(8-6-12)17(22)23/h1-8,10H,11H2,(H,20,21)(H,22,23). The SMILES string of the molecule is N#Cc1ccccc1OCC(=O)NN=Cc1ccc(C(=O)O)cc1. The van der Waals surface area contributed by atoms with Gasteiger partial charge in [-0.15, -0.1) is 0 Å². The number of hydrogen-bond donors (Lipinski definition) is 2. The zero-order valence-corrected chi connectivity index (χ0v) is 12.5. The number of nitrogens with one attached hydrogen (secondary N) is 1. The van der Waals surface area contributed by atoms with Gasteiger partial charge in [-0.1, -0.05) is 24.3 Å². The van der Waals surface area contributed by atoms with Crippen LogP contribution in [0.2, 0.25) is 0 Å². The van der Waals surface area contributed by atoms with Crippen LogP contribution in [-0.4, -0.2) is 29.8 Å². The second-order valence-electron chi connectivity index (χ2n) is 4.62. The average Bonchev–Trinajstić information content (AvgIpc) is 2.60. The molecule has 24 heavy (non-hydrogen) atoms. The zero-order chi connectivity index (χ0) is 17.4. The fourth-order valence-electron chi connectivity index (χ4n) is 1.75. The Morgan fingerprint density at radius 3 is 2.58 bits per heavy atom. The van der Waals surface area contributed by atoms with Crippen LogP contribution in [0.4, 0.5) is 0 Å². The molecule has 2 N–H and O–H groups in total. The van der Waals surface area contributed by atoms with E-state index in [4.69, 9.17) is 15.1 Å². The summed E-state index contributed by atoms with van der Waals surface area (Å²) in [5.74, 6) is -1.17. The first-order valence-electron chi connectivity index (χ1n) is 6.87. The Bertz CT molecular complexity index is 807. The summed E-state index contributed by atoms with van der Waals surface area (Å²) in [6.07, 6.45) is 1.38. The number of hydrazone groups is 1.